The summed E-state index contributed by atoms with van der Waals surface area (Å²) in [7, 11) is 2.01. The normalized spacial score (nSPS) is 15.1. The van der Waals surface area contributed by atoms with Gasteiger partial charge in [-0.15, -0.1) is 0 Å². The lowest BCUT2D eigenvalue weighted by atomic mass is 10.0. The Morgan fingerprint density at radius 2 is 1.88 bits per heavy atom. The molecule has 0 saturated heterocycles. The monoisotopic (exact) mass is 232 g/mol. The predicted molar refractivity (Wildman–Crippen MR) is 73.1 cm³/mol. The molecule has 17 heavy (non-hydrogen) atoms. The van der Waals surface area contributed by atoms with Gasteiger partial charge in [-0.2, -0.15) is 0 Å². The highest BCUT2D eigenvalue weighted by molar-refractivity contribution is 5.27. The Morgan fingerprint density at radius 1 is 1.12 bits per heavy atom. The summed E-state index contributed by atoms with van der Waals surface area (Å²) in [4.78, 5) is 0. The largest absolute Gasteiger partial charge is 0.319 e. The summed E-state index contributed by atoms with van der Waals surface area (Å²) in [6.07, 6.45) is 5.40. The Kier molecular flexibility index (Phi) is 5.02. The van der Waals surface area contributed by atoms with Gasteiger partial charge in [-0.3, -0.25) is 0 Å². The van der Waals surface area contributed by atoms with Crippen molar-refractivity contribution in [2.45, 2.75) is 32.2 Å². The fourth-order valence-corrected chi connectivity index (χ4v) is 2.17. The SMILES string of the molecule is CNCCc1ccccc1CNCCC1CC1. The average molecular weight is 232 g/mol. The van der Waals surface area contributed by atoms with Crippen molar-refractivity contribution in [3.8, 4) is 0 Å². The molecular weight excluding hydrogens is 208 g/mol. The fourth-order valence-electron chi connectivity index (χ4n) is 2.17. The molecule has 2 nitrogen and oxygen atoms in total. The summed E-state index contributed by atoms with van der Waals surface area (Å²) in [6, 6.07) is 8.77. The summed E-state index contributed by atoms with van der Waals surface area (Å²) >= 11 is 0. The van der Waals surface area contributed by atoms with Gasteiger partial charge >= 0.3 is 0 Å². The van der Waals surface area contributed by atoms with Gasteiger partial charge in [0.1, 0.15) is 0 Å². The van der Waals surface area contributed by atoms with E-state index in [1.165, 1.54) is 36.9 Å². The Bertz CT molecular complexity index is 331. The predicted octanol–water partition coefficient (Wildman–Crippen LogP) is 2.34. The van der Waals surface area contributed by atoms with Crippen LogP contribution in [0.2, 0.25) is 0 Å². The van der Waals surface area contributed by atoms with Gasteiger partial charge in [-0.05, 0) is 50.0 Å². The number of hydrogen-bond donors (Lipinski definition) is 2. The zero-order chi connectivity index (χ0) is 11.9. The van der Waals surface area contributed by atoms with Crippen LogP contribution >= 0.6 is 0 Å². The van der Waals surface area contributed by atoms with E-state index in [2.05, 4.69) is 34.9 Å². The van der Waals surface area contributed by atoms with Crippen LogP contribution in [0.3, 0.4) is 0 Å². The van der Waals surface area contributed by atoms with Gasteiger partial charge in [0.25, 0.3) is 0 Å². The first-order valence-electron chi connectivity index (χ1n) is 6.82. The maximum atomic E-state index is 3.57. The Balaban J connectivity index is 1.76. The highest BCUT2D eigenvalue weighted by Gasteiger charge is 2.19. The van der Waals surface area contributed by atoms with E-state index in [9.17, 15) is 0 Å². The number of likely N-dealkylation sites (N-methyl/N-ethyl adjacent to an activating group) is 1. The van der Waals surface area contributed by atoms with Crippen LogP contribution in [-0.2, 0) is 13.0 Å². The second kappa shape index (κ2) is 6.77. The van der Waals surface area contributed by atoms with Crippen molar-refractivity contribution in [1.29, 1.82) is 0 Å². The van der Waals surface area contributed by atoms with E-state index in [1.807, 2.05) is 7.05 Å². The van der Waals surface area contributed by atoms with Crippen molar-refractivity contribution >= 4 is 0 Å². The van der Waals surface area contributed by atoms with E-state index < -0.39 is 0 Å². The molecule has 2 rings (SSSR count). The molecule has 0 heterocycles. The van der Waals surface area contributed by atoms with Crippen molar-refractivity contribution in [2.75, 3.05) is 20.1 Å². The van der Waals surface area contributed by atoms with Gasteiger partial charge in [-0.25, -0.2) is 0 Å². The number of hydrogen-bond acceptors (Lipinski definition) is 2. The first kappa shape index (κ1) is 12.6. The Hall–Kier alpha value is -0.860. The summed E-state index contributed by atoms with van der Waals surface area (Å²) in [5.74, 6) is 1.03. The molecule has 2 heteroatoms. The first-order chi connectivity index (χ1) is 8.40. The lowest BCUT2D eigenvalue weighted by molar-refractivity contribution is 0.610. The Morgan fingerprint density at radius 3 is 2.59 bits per heavy atom. The second-order valence-corrected chi connectivity index (χ2v) is 5.03. The van der Waals surface area contributed by atoms with E-state index in [0.717, 1.165) is 25.4 Å². The molecular formula is C15H24N2. The molecule has 1 aromatic carbocycles. The molecule has 2 N–H and O–H groups in total. The van der Waals surface area contributed by atoms with Crippen LogP contribution in [0.4, 0.5) is 0 Å². The van der Waals surface area contributed by atoms with Crippen LogP contribution in [-0.4, -0.2) is 20.1 Å². The molecule has 1 aliphatic carbocycles. The van der Waals surface area contributed by atoms with Crippen LogP contribution in [0.25, 0.3) is 0 Å². The Labute approximate surface area is 105 Å². The van der Waals surface area contributed by atoms with Gasteiger partial charge in [-0.1, -0.05) is 37.1 Å². The fraction of sp³-hybridized carbons (Fsp3) is 0.600. The standard InChI is InChI=1S/C15H24N2/c1-16-10-9-14-4-2-3-5-15(14)12-17-11-8-13-6-7-13/h2-5,13,16-17H,6-12H2,1H3. The van der Waals surface area contributed by atoms with Crippen molar-refractivity contribution < 1.29 is 0 Å². The average Bonchev–Trinajstić information content (AvgIpc) is 3.17. The minimum atomic E-state index is 1.02. The minimum absolute atomic E-state index is 1.02. The third kappa shape index (κ3) is 4.49. The molecule has 0 bridgehead atoms. The minimum Gasteiger partial charge on any atom is -0.319 e. The quantitative estimate of drug-likeness (QED) is 0.672. The first-order valence-corrected chi connectivity index (χ1v) is 6.82. The molecule has 0 aromatic heterocycles. The van der Waals surface area contributed by atoms with Gasteiger partial charge in [0.2, 0.25) is 0 Å². The van der Waals surface area contributed by atoms with E-state index in [4.69, 9.17) is 0 Å². The summed E-state index contributed by atoms with van der Waals surface area (Å²) in [5.41, 5.74) is 2.93. The van der Waals surface area contributed by atoms with E-state index in [0.29, 0.717) is 0 Å². The molecule has 1 aromatic rings. The molecule has 0 amide bonds. The molecule has 94 valence electrons. The van der Waals surface area contributed by atoms with Crippen LogP contribution in [0.15, 0.2) is 24.3 Å². The number of rotatable bonds is 8. The van der Waals surface area contributed by atoms with Gasteiger partial charge < -0.3 is 10.6 Å². The third-order valence-electron chi connectivity index (χ3n) is 3.50. The van der Waals surface area contributed by atoms with Crippen molar-refractivity contribution in [2.24, 2.45) is 5.92 Å². The number of benzene rings is 1. The van der Waals surface area contributed by atoms with Crippen LogP contribution < -0.4 is 10.6 Å². The molecule has 0 radical (unpaired) electrons. The molecule has 0 spiro atoms. The van der Waals surface area contributed by atoms with Crippen molar-refractivity contribution in [3.63, 3.8) is 0 Å². The second-order valence-electron chi connectivity index (χ2n) is 5.03. The van der Waals surface area contributed by atoms with E-state index in [1.54, 1.807) is 0 Å². The molecule has 0 aliphatic heterocycles. The van der Waals surface area contributed by atoms with Gasteiger partial charge in [0.05, 0.1) is 0 Å². The molecule has 0 unspecified atom stereocenters. The van der Waals surface area contributed by atoms with Crippen LogP contribution in [0.5, 0.6) is 0 Å². The highest BCUT2D eigenvalue weighted by Crippen LogP contribution is 2.31. The van der Waals surface area contributed by atoms with Crippen LogP contribution in [0.1, 0.15) is 30.4 Å². The zero-order valence-corrected chi connectivity index (χ0v) is 10.8. The smallest absolute Gasteiger partial charge is 0.0208 e. The molecule has 0 atom stereocenters. The lowest BCUT2D eigenvalue weighted by Crippen LogP contribution is -2.17. The number of nitrogens with one attached hydrogen (secondary N) is 2. The zero-order valence-electron chi connectivity index (χ0n) is 10.8. The van der Waals surface area contributed by atoms with Crippen molar-refractivity contribution in [3.05, 3.63) is 35.4 Å². The molecule has 1 fully saturated rings. The molecule has 1 saturated carbocycles. The molecule has 1 aliphatic rings. The maximum absolute atomic E-state index is 3.57. The highest BCUT2D eigenvalue weighted by atomic mass is 14.8. The topological polar surface area (TPSA) is 24.1 Å². The van der Waals surface area contributed by atoms with Gasteiger partial charge in [0.15, 0.2) is 0 Å². The lowest BCUT2D eigenvalue weighted by Gasteiger charge is -2.10. The third-order valence-corrected chi connectivity index (χ3v) is 3.50. The summed E-state index contributed by atoms with van der Waals surface area (Å²) in [5, 5.41) is 6.78. The summed E-state index contributed by atoms with van der Waals surface area (Å²) in [6.45, 7) is 3.25. The van der Waals surface area contributed by atoms with Crippen LogP contribution in [0, 0.1) is 5.92 Å². The van der Waals surface area contributed by atoms with Crippen molar-refractivity contribution in [1.82, 2.24) is 10.6 Å². The maximum Gasteiger partial charge on any atom is 0.0208 e. The van der Waals surface area contributed by atoms with Gasteiger partial charge in [0, 0.05) is 6.54 Å². The van der Waals surface area contributed by atoms with E-state index >= 15 is 0 Å². The van der Waals surface area contributed by atoms with E-state index in [-0.39, 0.29) is 0 Å². The summed E-state index contributed by atoms with van der Waals surface area (Å²) < 4.78 is 0.